The third-order valence-corrected chi connectivity index (χ3v) is 5.30. The Morgan fingerprint density at radius 1 is 1.00 bits per heavy atom. The largest absolute Gasteiger partial charge is 0.354 e. The zero-order chi connectivity index (χ0) is 21.9. The number of amides is 2. The van der Waals surface area contributed by atoms with Crippen molar-refractivity contribution in [1.82, 2.24) is 10.4 Å². The Balaban J connectivity index is 1.46. The number of carbonyl (C=O) groups is 2. The van der Waals surface area contributed by atoms with Gasteiger partial charge in [-0.05, 0) is 23.3 Å². The number of rotatable bonds is 5. The maximum Gasteiger partial charge on any atom is 0.272 e. The molecule has 6 heteroatoms. The van der Waals surface area contributed by atoms with E-state index in [1.807, 2.05) is 78.9 Å². The van der Waals surface area contributed by atoms with Gasteiger partial charge in [0.1, 0.15) is 0 Å². The Kier molecular flexibility index (Phi) is 5.09. The normalized spacial score (nSPS) is 12.7. The van der Waals surface area contributed by atoms with Gasteiger partial charge < -0.3 is 10.3 Å². The van der Waals surface area contributed by atoms with Gasteiger partial charge >= 0.3 is 0 Å². The Morgan fingerprint density at radius 3 is 2.53 bits per heavy atom. The molecule has 2 amide bonds. The predicted octanol–water partition coefficient (Wildman–Crippen LogP) is 4.95. The van der Waals surface area contributed by atoms with Crippen molar-refractivity contribution in [2.24, 2.45) is 5.10 Å². The fourth-order valence-corrected chi connectivity index (χ4v) is 3.86. The average Bonchev–Trinajstić information content (AvgIpc) is 3.09. The monoisotopic (exact) mass is 420 g/mol. The lowest BCUT2D eigenvalue weighted by molar-refractivity contribution is -0.115. The summed E-state index contributed by atoms with van der Waals surface area (Å²) in [5.41, 5.74) is 8.04. The van der Waals surface area contributed by atoms with Crippen molar-refractivity contribution in [3.8, 4) is 11.3 Å². The van der Waals surface area contributed by atoms with E-state index in [0.717, 1.165) is 33.3 Å². The lowest BCUT2D eigenvalue weighted by Crippen LogP contribution is -2.17. The number of aromatic amines is 1. The first-order chi connectivity index (χ1) is 15.7. The zero-order valence-electron chi connectivity index (χ0n) is 17.1. The molecule has 3 aromatic carbocycles. The van der Waals surface area contributed by atoms with Crippen LogP contribution in [0.25, 0.3) is 28.2 Å². The number of hydrazone groups is 1. The Hall–Kier alpha value is -4.45. The van der Waals surface area contributed by atoms with Gasteiger partial charge in [0.15, 0.2) is 0 Å². The molecule has 1 aliphatic rings. The van der Waals surface area contributed by atoms with E-state index in [1.165, 1.54) is 0 Å². The first-order valence-electron chi connectivity index (χ1n) is 10.3. The summed E-state index contributed by atoms with van der Waals surface area (Å²) in [6, 6.07) is 23.2. The van der Waals surface area contributed by atoms with Crippen LogP contribution in [-0.2, 0) is 4.79 Å². The highest BCUT2D eigenvalue weighted by Gasteiger charge is 2.22. The average molecular weight is 420 g/mol. The summed E-state index contributed by atoms with van der Waals surface area (Å²) in [5.74, 6) is -0.479. The molecular formula is C26H20N4O2. The molecule has 32 heavy (non-hydrogen) atoms. The second-order valence-corrected chi connectivity index (χ2v) is 7.49. The summed E-state index contributed by atoms with van der Waals surface area (Å²) in [4.78, 5) is 28.5. The molecule has 156 valence electrons. The van der Waals surface area contributed by atoms with Crippen molar-refractivity contribution in [3.05, 3.63) is 95.6 Å². The first kappa shape index (κ1) is 19.5. The summed E-state index contributed by atoms with van der Waals surface area (Å²) in [6.45, 7) is 0. The maximum absolute atomic E-state index is 12.6. The summed E-state index contributed by atoms with van der Waals surface area (Å²) in [6.07, 6.45) is 5.61. The second kappa shape index (κ2) is 8.35. The van der Waals surface area contributed by atoms with Crippen molar-refractivity contribution < 1.29 is 9.59 Å². The van der Waals surface area contributed by atoms with Crippen LogP contribution in [0.3, 0.4) is 0 Å². The van der Waals surface area contributed by atoms with E-state index in [9.17, 15) is 9.59 Å². The molecule has 2 heterocycles. The van der Waals surface area contributed by atoms with E-state index in [4.69, 9.17) is 0 Å². The predicted molar refractivity (Wildman–Crippen MR) is 128 cm³/mol. The molecule has 0 atom stereocenters. The van der Waals surface area contributed by atoms with Crippen LogP contribution in [0.5, 0.6) is 0 Å². The van der Waals surface area contributed by atoms with Crippen LogP contribution in [-0.4, -0.2) is 23.0 Å². The van der Waals surface area contributed by atoms with E-state index >= 15 is 0 Å². The molecule has 0 bridgehead atoms. The number of carbonyl (C=O) groups excluding carboxylic acids is 2. The van der Waals surface area contributed by atoms with Crippen molar-refractivity contribution in [3.63, 3.8) is 0 Å². The Morgan fingerprint density at radius 2 is 1.75 bits per heavy atom. The smallest absolute Gasteiger partial charge is 0.272 e. The van der Waals surface area contributed by atoms with Gasteiger partial charge in [0.25, 0.3) is 5.91 Å². The third-order valence-electron chi connectivity index (χ3n) is 5.30. The number of aromatic nitrogens is 1. The summed E-state index contributed by atoms with van der Waals surface area (Å²) in [7, 11) is 0. The number of anilines is 1. The van der Waals surface area contributed by atoms with Gasteiger partial charge in [-0.15, -0.1) is 0 Å². The highest BCUT2D eigenvalue weighted by molar-refractivity contribution is 6.18. The molecule has 0 saturated heterocycles. The van der Waals surface area contributed by atoms with Crippen LogP contribution in [0.2, 0.25) is 0 Å². The molecule has 1 aliphatic heterocycles. The van der Waals surface area contributed by atoms with Gasteiger partial charge in [0.05, 0.1) is 17.5 Å². The molecular weight excluding hydrogens is 400 g/mol. The van der Waals surface area contributed by atoms with Gasteiger partial charge in [-0.1, -0.05) is 72.8 Å². The number of hydrogen-bond acceptors (Lipinski definition) is 3. The number of benzene rings is 3. The van der Waals surface area contributed by atoms with Crippen molar-refractivity contribution >= 4 is 40.7 Å². The summed E-state index contributed by atoms with van der Waals surface area (Å²) < 4.78 is 0. The van der Waals surface area contributed by atoms with E-state index in [0.29, 0.717) is 11.3 Å². The third kappa shape index (κ3) is 3.81. The molecule has 0 radical (unpaired) electrons. The molecule has 5 rings (SSSR count). The maximum atomic E-state index is 12.6. The quantitative estimate of drug-likeness (QED) is 0.426. The minimum atomic E-state index is -0.316. The highest BCUT2D eigenvalue weighted by atomic mass is 16.2. The van der Waals surface area contributed by atoms with Gasteiger partial charge in [-0.2, -0.15) is 5.10 Å². The minimum Gasteiger partial charge on any atom is -0.354 e. The number of nitrogens with zero attached hydrogens (tertiary/aromatic N) is 1. The summed E-state index contributed by atoms with van der Waals surface area (Å²) >= 11 is 0. The molecule has 0 fully saturated rings. The molecule has 0 saturated carbocycles. The molecule has 6 nitrogen and oxygen atoms in total. The summed E-state index contributed by atoms with van der Waals surface area (Å²) in [5, 5.41) is 7.75. The minimum absolute atomic E-state index is 0.163. The molecule has 1 aromatic heterocycles. The lowest BCUT2D eigenvalue weighted by atomic mass is 10.0. The molecule has 0 spiro atoms. The fourth-order valence-electron chi connectivity index (χ4n) is 3.86. The van der Waals surface area contributed by atoms with Crippen LogP contribution >= 0.6 is 0 Å². The van der Waals surface area contributed by atoms with Crippen molar-refractivity contribution in [2.75, 3.05) is 5.32 Å². The molecule has 0 aliphatic carbocycles. The van der Waals surface area contributed by atoms with Crippen molar-refractivity contribution in [1.29, 1.82) is 0 Å². The highest BCUT2D eigenvalue weighted by Crippen LogP contribution is 2.34. The van der Waals surface area contributed by atoms with Crippen LogP contribution in [0.15, 0.2) is 84.0 Å². The van der Waals surface area contributed by atoms with Crippen LogP contribution in [0, 0.1) is 0 Å². The lowest BCUT2D eigenvalue weighted by Gasteiger charge is -2.07. The van der Waals surface area contributed by atoms with Crippen LogP contribution in [0.1, 0.15) is 27.9 Å². The molecule has 0 unspecified atom stereocenters. The standard InChI is InChI=1S/C26H20N4O2/c31-23(13-7-10-17-8-3-1-4-9-17)28-19-14-20-24-21(16-27-30-26(20)32)25(29-22(24)15-19)18-11-5-2-6-12-18/h1-12,14-16,29H,13H2,(H,28,31)(H,30,32)/b10-7+. The van der Waals surface area contributed by atoms with Crippen molar-refractivity contribution in [2.45, 2.75) is 6.42 Å². The topological polar surface area (TPSA) is 86.3 Å². The second-order valence-electron chi connectivity index (χ2n) is 7.49. The molecule has 3 N–H and O–H groups in total. The van der Waals surface area contributed by atoms with E-state index in [1.54, 1.807) is 12.3 Å². The van der Waals surface area contributed by atoms with Gasteiger partial charge in [-0.3, -0.25) is 9.59 Å². The first-order valence-corrected chi connectivity index (χ1v) is 10.3. The number of nitrogens with one attached hydrogen (secondary N) is 3. The fraction of sp³-hybridized carbons (Fsp3) is 0.0385. The number of hydrogen-bond donors (Lipinski definition) is 3. The van der Waals surface area contributed by atoms with Gasteiger partial charge in [0.2, 0.25) is 5.91 Å². The SMILES string of the molecule is O=C(C/C=C/c1ccccc1)Nc1cc2c3c(c(-c4ccccc4)[nH]c3c1)C=NNC2=O. The zero-order valence-corrected chi connectivity index (χ0v) is 17.1. The van der Waals surface area contributed by atoms with Crippen LogP contribution in [0.4, 0.5) is 5.69 Å². The molecule has 4 aromatic rings. The van der Waals surface area contributed by atoms with E-state index < -0.39 is 0 Å². The van der Waals surface area contributed by atoms with E-state index in [2.05, 4.69) is 20.8 Å². The van der Waals surface area contributed by atoms with Crippen LogP contribution < -0.4 is 10.7 Å². The Labute approximate surface area is 184 Å². The van der Waals surface area contributed by atoms with E-state index in [-0.39, 0.29) is 18.2 Å². The van der Waals surface area contributed by atoms with Gasteiger partial charge in [-0.25, -0.2) is 5.43 Å². The van der Waals surface area contributed by atoms with Gasteiger partial charge in [0, 0.05) is 28.6 Å². The number of H-pyrrole nitrogens is 1. The Bertz CT molecular complexity index is 1370.